The highest BCUT2D eigenvalue weighted by molar-refractivity contribution is 8.15. The van der Waals surface area contributed by atoms with Crippen LogP contribution in [0.3, 0.4) is 0 Å². The number of anilines is 1. The summed E-state index contributed by atoms with van der Waals surface area (Å²) in [5, 5.41) is 3.43. The van der Waals surface area contributed by atoms with E-state index in [-0.39, 0.29) is 18.2 Å². The summed E-state index contributed by atoms with van der Waals surface area (Å²) < 4.78 is 5.39. The van der Waals surface area contributed by atoms with Crippen molar-refractivity contribution < 1.29 is 14.3 Å². The van der Waals surface area contributed by atoms with Crippen molar-refractivity contribution in [3.63, 3.8) is 0 Å². The number of thioether (sulfide) groups is 1. The molecular weight excluding hydrogens is 422 g/mol. The van der Waals surface area contributed by atoms with Crippen molar-refractivity contribution in [1.29, 1.82) is 0 Å². The van der Waals surface area contributed by atoms with Crippen molar-refractivity contribution in [2.45, 2.75) is 18.6 Å². The molecule has 1 saturated heterocycles. The predicted molar refractivity (Wildman–Crippen MR) is 123 cm³/mol. The van der Waals surface area contributed by atoms with Gasteiger partial charge < -0.3 is 10.1 Å². The molecular formula is C22H22ClN3O3S. The predicted octanol–water partition coefficient (Wildman–Crippen LogP) is 4.89. The number of carbonyl (C=O) groups is 2. The molecule has 3 rings (SSSR count). The Balaban J connectivity index is 1.67. The van der Waals surface area contributed by atoms with Gasteiger partial charge in [0.1, 0.15) is 11.0 Å². The molecule has 1 fully saturated rings. The van der Waals surface area contributed by atoms with Crippen LogP contribution in [0, 0.1) is 0 Å². The summed E-state index contributed by atoms with van der Waals surface area (Å²) in [5.41, 5.74) is 1.33. The van der Waals surface area contributed by atoms with Gasteiger partial charge in [0.25, 0.3) is 0 Å². The first-order chi connectivity index (χ1) is 14.5. The quantitative estimate of drug-likeness (QED) is 0.590. The van der Waals surface area contributed by atoms with Gasteiger partial charge in [-0.15, -0.1) is 6.58 Å². The molecule has 156 valence electrons. The Morgan fingerprint density at radius 2 is 1.97 bits per heavy atom. The lowest BCUT2D eigenvalue weighted by Gasteiger charge is -2.13. The van der Waals surface area contributed by atoms with Crippen LogP contribution in [-0.2, 0) is 9.59 Å². The zero-order chi connectivity index (χ0) is 21.5. The Bertz CT molecular complexity index is 945. The molecule has 0 saturated carbocycles. The largest absolute Gasteiger partial charge is 0.494 e. The van der Waals surface area contributed by atoms with Crippen molar-refractivity contribution in [2.75, 3.05) is 18.5 Å². The van der Waals surface area contributed by atoms with Gasteiger partial charge >= 0.3 is 0 Å². The zero-order valence-electron chi connectivity index (χ0n) is 16.5. The SMILES string of the molecule is C=CCN1C(=O)[C@@H](CC(=O)Nc2ccc(OCC)cc2)SC1=Nc1ccc(Cl)cc1. The lowest BCUT2D eigenvalue weighted by molar-refractivity contribution is -0.127. The van der Waals surface area contributed by atoms with Crippen LogP contribution in [0.15, 0.2) is 66.2 Å². The summed E-state index contributed by atoms with van der Waals surface area (Å²) in [5.74, 6) is 0.339. The summed E-state index contributed by atoms with van der Waals surface area (Å²) in [6, 6.07) is 14.1. The second-order valence-electron chi connectivity index (χ2n) is 6.42. The molecule has 30 heavy (non-hydrogen) atoms. The molecule has 0 bridgehead atoms. The lowest BCUT2D eigenvalue weighted by Crippen LogP contribution is -2.33. The molecule has 0 aliphatic carbocycles. The summed E-state index contributed by atoms with van der Waals surface area (Å²) in [6.45, 7) is 6.52. The van der Waals surface area contributed by atoms with Gasteiger partial charge in [0.15, 0.2) is 5.17 Å². The molecule has 0 spiro atoms. The zero-order valence-corrected chi connectivity index (χ0v) is 18.1. The normalized spacial score (nSPS) is 17.3. The van der Waals surface area contributed by atoms with Crippen LogP contribution in [0.5, 0.6) is 5.75 Å². The summed E-state index contributed by atoms with van der Waals surface area (Å²) in [6.07, 6.45) is 1.68. The number of hydrogen-bond acceptors (Lipinski definition) is 5. The fourth-order valence-electron chi connectivity index (χ4n) is 2.83. The fraction of sp³-hybridized carbons (Fsp3) is 0.227. The number of halogens is 1. The van der Waals surface area contributed by atoms with Crippen molar-refractivity contribution in [1.82, 2.24) is 4.90 Å². The third-order valence-electron chi connectivity index (χ3n) is 4.20. The number of nitrogens with zero attached hydrogens (tertiary/aromatic N) is 2. The number of benzene rings is 2. The van der Waals surface area contributed by atoms with Gasteiger partial charge in [-0.1, -0.05) is 29.4 Å². The molecule has 0 radical (unpaired) electrons. The first kappa shape index (κ1) is 21.9. The lowest BCUT2D eigenvalue weighted by atomic mass is 10.2. The van der Waals surface area contributed by atoms with E-state index in [1.165, 1.54) is 11.8 Å². The Morgan fingerprint density at radius 3 is 2.60 bits per heavy atom. The van der Waals surface area contributed by atoms with Gasteiger partial charge in [-0.3, -0.25) is 14.5 Å². The third-order valence-corrected chi connectivity index (χ3v) is 5.63. The molecule has 8 heteroatoms. The van der Waals surface area contributed by atoms with Crippen molar-refractivity contribution in [3.8, 4) is 5.75 Å². The first-order valence-electron chi connectivity index (χ1n) is 9.46. The van der Waals surface area contributed by atoms with Crippen LogP contribution >= 0.6 is 23.4 Å². The van der Waals surface area contributed by atoms with Gasteiger partial charge in [0, 0.05) is 23.7 Å². The van der Waals surface area contributed by atoms with Crippen LogP contribution in [0.2, 0.25) is 5.02 Å². The van der Waals surface area contributed by atoms with Gasteiger partial charge in [0.05, 0.1) is 12.3 Å². The number of nitrogens with one attached hydrogen (secondary N) is 1. The fourth-order valence-corrected chi connectivity index (χ4v) is 4.12. The smallest absolute Gasteiger partial charge is 0.242 e. The maximum atomic E-state index is 12.8. The number of amidine groups is 1. The number of rotatable bonds is 8. The highest BCUT2D eigenvalue weighted by Gasteiger charge is 2.38. The molecule has 1 aliphatic heterocycles. The van der Waals surface area contributed by atoms with E-state index in [9.17, 15) is 9.59 Å². The van der Waals surface area contributed by atoms with Crippen LogP contribution in [0.4, 0.5) is 11.4 Å². The first-order valence-corrected chi connectivity index (χ1v) is 10.7. The highest BCUT2D eigenvalue weighted by Crippen LogP contribution is 2.32. The minimum absolute atomic E-state index is 0.0456. The molecule has 0 aromatic heterocycles. The maximum absolute atomic E-state index is 12.8. The Morgan fingerprint density at radius 1 is 1.27 bits per heavy atom. The van der Waals surface area contributed by atoms with Crippen molar-refractivity contribution in [3.05, 3.63) is 66.2 Å². The van der Waals surface area contributed by atoms with Gasteiger partial charge in [-0.2, -0.15) is 0 Å². The molecule has 6 nitrogen and oxygen atoms in total. The van der Waals surface area contributed by atoms with Crippen LogP contribution in [0.1, 0.15) is 13.3 Å². The van der Waals surface area contributed by atoms with Crippen LogP contribution in [0.25, 0.3) is 0 Å². The molecule has 1 aliphatic rings. The second kappa shape index (κ2) is 10.3. The molecule has 1 atom stereocenters. The number of hydrogen-bond donors (Lipinski definition) is 1. The van der Waals surface area contributed by atoms with Crippen molar-refractivity contribution >= 4 is 51.7 Å². The average Bonchev–Trinajstić information content (AvgIpc) is 3.00. The standard InChI is InChI=1S/C22H22ClN3O3S/c1-3-13-26-21(28)19(30-22(26)25-17-7-5-15(23)6-8-17)14-20(27)24-16-9-11-18(12-10-16)29-4-2/h3,5-12,19H,1,4,13-14H2,2H3,(H,24,27)/t19-/m1/s1. The molecule has 2 aromatic rings. The molecule has 2 aromatic carbocycles. The maximum Gasteiger partial charge on any atom is 0.242 e. The highest BCUT2D eigenvalue weighted by atomic mass is 35.5. The number of amides is 2. The van der Waals surface area contributed by atoms with E-state index in [1.54, 1.807) is 59.5 Å². The van der Waals surface area contributed by atoms with E-state index in [1.807, 2.05) is 6.92 Å². The topological polar surface area (TPSA) is 71.0 Å². The number of aliphatic imine (C=N–C) groups is 1. The van der Waals surface area contributed by atoms with Gasteiger partial charge in [-0.25, -0.2) is 4.99 Å². The Hall–Kier alpha value is -2.77. The van der Waals surface area contributed by atoms with Crippen molar-refractivity contribution in [2.24, 2.45) is 4.99 Å². The summed E-state index contributed by atoms with van der Waals surface area (Å²) in [7, 11) is 0. The van der Waals surface area contributed by atoms with E-state index in [4.69, 9.17) is 16.3 Å². The van der Waals surface area contributed by atoms with Crippen LogP contribution in [-0.4, -0.2) is 40.3 Å². The Labute approximate surface area is 185 Å². The van der Waals surface area contributed by atoms with E-state index >= 15 is 0 Å². The van der Waals surface area contributed by atoms with Crippen LogP contribution < -0.4 is 10.1 Å². The van der Waals surface area contributed by atoms with Gasteiger partial charge in [0.2, 0.25) is 11.8 Å². The van der Waals surface area contributed by atoms with Gasteiger partial charge in [-0.05, 0) is 55.5 Å². The molecule has 1 N–H and O–H groups in total. The minimum Gasteiger partial charge on any atom is -0.494 e. The monoisotopic (exact) mass is 443 g/mol. The Kier molecular flexibility index (Phi) is 7.54. The summed E-state index contributed by atoms with van der Waals surface area (Å²) in [4.78, 5) is 31.4. The third kappa shape index (κ3) is 5.64. The minimum atomic E-state index is -0.543. The van der Waals surface area contributed by atoms with E-state index < -0.39 is 5.25 Å². The van der Waals surface area contributed by atoms with E-state index in [0.29, 0.717) is 34.7 Å². The van der Waals surface area contributed by atoms with E-state index in [0.717, 1.165) is 5.75 Å². The average molecular weight is 444 g/mol. The number of ether oxygens (including phenoxy) is 1. The van der Waals surface area contributed by atoms with E-state index in [2.05, 4.69) is 16.9 Å². The molecule has 1 heterocycles. The number of carbonyl (C=O) groups excluding carboxylic acids is 2. The second-order valence-corrected chi connectivity index (χ2v) is 8.03. The molecule has 2 amide bonds. The molecule has 0 unspecified atom stereocenters. The summed E-state index contributed by atoms with van der Waals surface area (Å²) >= 11 is 7.20.